The van der Waals surface area contributed by atoms with Crippen molar-refractivity contribution in [1.29, 1.82) is 0 Å². The first-order valence-corrected chi connectivity index (χ1v) is 4.50. The highest BCUT2D eigenvalue weighted by Crippen LogP contribution is 2.46. The zero-order valence-electron chi connectivity index (χ0n) is 8.56. The van der Waals surface area contributed by atoms with Crippen molar-refractivity contribution in [2.45, 2.75) is 18.4 Å². The third-order valence-electron chi connectivity index (χ3n) is 2.25. The molecule has 1 aromatic rings. The van der Waals surface area contributed by atoms with Crippen LogP contribution in [0.1, 0.15) is 11.6 Å². The molecule has 8 heteroatoms. The first-order chi connectivity index (χ1) is 7.68. The predicted octanol–water partition coefficient (Wildman–Crippen LogP) is 3.28. The van der Waals surface area contributed by atoms with Crippen molar-refractivity contribution in [2.75, 3.05) is 7.05 Å². The summed E-state index contributed by atoms with van der Waals surface area (Å²) >= 11 is 0. The second-order valence-corrected chi connectivity index (χ2v) is 3.38. The number of halogens is 6. The molecule has 1 heterocycles. The molecule has 0 fully saturated rings. The molecule has 0 bridgehead atoms. The Morgan fingerprint density at radius 1 is 1.12 bits per heavy atom. The van der Waals surface area contributed by atoms with Crippen LogP contribution in [-0.2, 0) is 0 Å². The quantitative estimate of drug-likeness (QED) is 0.845. The molecular formula is C9H9F6NO. The number of hydrogen-bond donors (Lipinski definition) is 1. The molecule has 17 heavy (non-hydrogen) atoms. The maximum absolute atomic E-state index is 12.5. The smallest absolute Gasteiger partial charge is 0.402 e. The van der Waals surface area contributed by atoms with Gasteiger partial charge in [0.25, 0.3) is 0 Å². The lowest BCUT2D eigenvalue weighted by molar-refractivity contribution is -0.292. The summed E-state index contributed by atoms with van der Waals surface area (Å²) in [6.45, 7) is 0. The van der Waals surface area contributed by atoms with Gasteiger partial charge in [-0.15, -0.1) is 0 Å². The third kappa shape index (κ3) is 3.15. The average molecular weight is 261 g/mol. The fraction of sp³-hybridized carbons (Fsp3) is 0.556. The molecule has 0 amide bonds. The minimum absolute atomic E-state index is 0.202. The van der Waals surface area contributed by atoms with Gasteiger partial charge in [0.15, 0.2) is 5.92 Å². The van der Waals surface area contributed by atoms with Crippen LogP contribution in [0.25, 0.3) is 0 Å². The molecule has 1 N–H and O–H groups in total. The molecule has 1 unspecified atom stereocenters. The molecule has 98 valence electrons. The van der Waals surface area contributed by atoms with Crippen molar-refractivity contribution in [3.05, 3.63) is 24.2 Å². The summed E-state index contributed by atoms with van der Waals surface area (Å²) in [6, 6.07) is -0.861. The Morgan fingerprint density at radius 3 is 1.94 bits per heavy atom. The van der Waals surface area contributed by atoms with Crippen LogP contribution < -0.4 is 5.32 Å². The molecule has 0 aliphatic rings. The van der Waals surface area contributed by atoms with E-state index >= 15 is 0 Å². The minimum Gasteiger partial charge on any atom is -0.472 e. The maximum atomic E-state index is 12.5. The Hall–Kier alpha value is -1.18. The first-order valence-electron chi connectivity index (χ1n) is 4.50. The van der Waals surface area contributed by atoms with Crippen LogP contribution in [0.5, 0.6) is 0 Å². The number of rotatable bonds is 3. The molecule has 0 spiro atoms. The Balaban J connectivity index is 3.13. The summed E-state index contributed by atoms with van der Waals surface area (Å²) in [4.78, 5) is 0. The monoisotopic (exact) mass is 261 g/mol. The van der Waals surface area contributed by atoms with Gasteiger partial charge in [-0.3, -0.25) is 0 Å². The number of hydrogen-bond acceptors (Lipinski definition) is 2. The van der Waals surface area contributed by atoms with Crippen molar-refractivity contribution in [2.24, 2.45) is 5.92 Å². The van der Waals surface area contributed by atoms with Crippen LogP contribution >= 0.6 is 0 Å². The summed E-state index contributed by atoms with van der Waals surface area (Å²) in [7, 11) is 1.03. The molecular weight excluding hydrogens is 252 g/mol. The molecule has 0 saturated heterocycles. The standard InChI is InChI=1S/C9H9F6NO/c1-16-6(5-2-3-17-4-5)7(8(10,11)12)9(13,14)15/h2-4,6-7,16H,1H3. The van der Waals surface area contributed by atoms with E-state index in [1.54, 1.807) is 0 Å². The van der Waals surface area contributed by atoms with Gasteiger partial charge in [-0.05, 0) is 13.1 Å². The highest BCUT2D eigenvalue weighted by molar-refractivity contribution is 5.14. The fourth-order valence-electron chi connectivity index (χ4n) is 1.54. The molecule has 0 aliphatic carbocycles. The van der Waals surface area contributed by atoms with E-state index in [9.17, 15) is 26.3 Å². The number of furan rings is 1. The topological polar surface area (TPSA) is 25.2 Å². The van der Waals surface area contributed by atoms with E-state index in [1.807, 2.05) is 5.32 Å². The highest BCUT2D eigenvalue weighted by Gasteiger charge is 2.60. The zero-order valence-corrected chi connectivity index (χ0v) is 8.56. The summed E-state index contributed by atoms with van der Waals surface area (Å²) in [5, 5.41) is 2.02. The summed E-state index contributed by atoms with van der Waals surface area (Å²) in [5.41, 5.74) is -0.202. The van der Waals surface area contributed by atoms with Crippen LogP contribution in [0.3, 0.4) is 0 Å². The van der Waals surface area contributed by atoms with Gasteiger partial charge in [0.05, 0.1) is 18.6 Å². The second kappa shape index (κ2) is 4.59. The van der Waals surface area contributed by atoms with Gasteiger partial charge in [0, 0.05) is 5.56 Å². The third-order valence-corrected chi connectivity index (χ3v) is 2.25. The predicted molar refractivity (Wildman–Crippen MR) is 46.1 cm³/mol. The molecule has 0 saturated carbocycles. The van der Waals surface area contributed by atoms with E-state index in [2.05, 4.69) is 4.42 Å². The Labute approximate surface area is 92.6 Å². The highest BCUT2D eigenvalue weighted by atomic mass is 19.4. The molecule has 2 nitrogen and oxygen atoms in total. The summed E-state index contributed by atoms with van der Waals surface area (Å²) in [5.74, 6) is -3.47. The molecule has 0 aliphatic heterocycles. The van der Waals surface area contributed by atoms with E-state index in [0.29, 0.717) is 0 Å². The van der Waals surface area contributed by atoms with Gasteiger partial charge >= 0.3 is 12.4 Å². The number of alkyl halides is 6. The Kier molecular flexibility index (Phi) is 3.75. The van der Waals surface area contributed by atoms with Crippen molar-refractivity contribution in [1.82, 2.24) is 5.32 Å². The van der Waals surface area contributed by atoms with Crippen LogP contribution in [0.2, 0.25) is 0 Å². The van der Waals surface area contributed by atoms with E-state index in [1.165, 1.54) is 0 Å². The van der Waals surface area contributed by atoms with Crippen molar-refractivity contribution < 1.29 is 30.8 Å². The van der Waals surface area contributed by atoms with Crippen molar-refractivity contribution >= 4 is 0 Å². The molecule has 1 rings (SSSR count). The first kappa shape index (κ1) is 13.9. The lowest BCUT2D eigenvalue weighted by Gasteiger charge is -2.29. The minimum atomic E-state index is -5.39. The van der Waals surface area contributed by atoms with Crippen LogP contribution in [-0.4, -0.2) is 19.4 Å². The Bertz CT molecular complexity index is 327. The van der Waals surface area contributed by atoms with Gasteiger partial charge in [-0.1, -0.05) is 0 Å². The SMILES string of the molecule is CNC(c1ccoc1)C(C(F)(F)F)C(F)(F)F. The largest absolute Gasteiger partial charge is 0.472 e. The normalized spacial score (nSPS) is 15.3. The maximum Gasteiger partial charge on any atom is 0.402 e. The van der Waals surface area contributed by atoms with Gasteiger partial charge in [0.2, 0.25) is 0 Å². The summed E-state index contributed by atoms with van der Waals surface area (Å²) in [6.07, 6.45) is -8.90. The van der Waals surface area contributed by atoms with Gasteiger partial charge in [-0.25, -0.2) is 0 Å². The fourth-order valence-corrected chi connectivity index (χ4v) is 1.54. The van der Waals surface area contributed by atoms with E-state index in [-0.39, 0.29) is 5.56 Å². The molecule has 0 aromatic carbocycles. The van der Waals surface area contributed by atoms with Gasteiger partial charge < -0.3 is 9.73 Å². The Morgan fingerprint density at radius 2 is 1.65 bits per heavy atom. The molecule has 1 atom stereocenters. The van der Waals surface area contributed by atoms with Crippen LogP contribution in [0.15, 0.2) is 23.0 Å². The van der Waals surface area contributed by atoms with E-state index < -0.39 is 24.3 Å². The van der Waals surface area contributed by atoms with Crippen molar-refractivity contribution in [3.63, 3.8) is 0 Å². The summed E-state index contributed by atoms with van der Waals surface area (Å²) < 4.78 is 79.2. The lowest BCUT2D eigenvalue weighted by atomic mass is 9.93. The second-order valence-electron chi connectivity index (χ2n) is 3.38. The van der Waals surface area contributed by atoms with Crippen LogP contribution in [0.4, 0.5) is 26.3 Å². The van der Waals surface area contributed by atoms with E-state index in [0.717, 1.165) is 25.6 Å². The van der Waals surface area contributed by atoms with Crippen molar-refractivity contribution in [3.8, 4) is 0 Å². The molecule has 1 aromatic heterocycles. The lowest BCUT2D eigenvalue weighted by Crippen LogP contribution is -2.44. The van der Waals surface area contributed by atoms with E-state index in [4.69, 9.17) is 0 Å². The van der Waals surface area contributed by atoms with Gasteiger partial charge in [-0.2, -0.15) is 26.3 Å². The molecule has 0 radical (unpaired) electrons. The van der Waals surface area contributed by atoms with Gasteiger partial charge in [0.1, 0.15) is 0 Å². The van der Waals surface area contributed by atoms with Crippen LogP contribution in [0, 0.1) is 5.92 Å². The zero-order chi connectivity index (χ0) is 13.3. The number of nitrogens with one attached hydrogen (secondary N) is 1. The average Bonchev–Trinajstić information content (AvgIpc) is 2.61.